The lowest BCUT2D eigenvalue weighted by atomic mass is 10.2. The van der Waals surface area contributed by atoms with E-state index in [2.05, 4.69) is 10.6 Å². The molecule has 2 aromatic rings. The maximum absolute atomic E-state index is 12.5. The van der Waals surface area contributed by atoms with E-state index in [-0.39, 0.29) is 25.3 Å². The smallest absolute Gasteiger partial charge is 0.275 e. The van der Waals surface area contributed by atoms with Crippen LogP contribution >= 0.6 is 35.7 Å². The van der Waals surface area contributed by atoms with Gasteiger partial charge in [0.1, 0.15) is 5.70 Å². The Labute approximate surface area is 163 Å². The van der Waals surface area contributed by atoms with Gasteiger partial charge in [-0.15, -0.1) is 0 Å². The third kappa shape index (κ3) is 4.40. The Morgan fingerprint density at radius 2 is 1.23 bits per heavy atom. The van der Waals surface area contributed by atoms with E-state index in [1.165, 1.54) is 0 Å². The van der Waals surface area contributed by atoms with Crippen molar-refractivity contribution < 1.29 is 14.4 Å². The van der Waals surface area contributed by atoms with Crippen LogP contribution in [0.15, 0.2) is 70.6 Å². The molecule has 0 radical (unpaired) electrons. The number of hydrogen-bond donors (Lipinski definition) is 2. The molecule has 1 amide bonds. The first kappa shape index (κ1) is 18.4. The number of rotatable bonds is 4. The van der Waals surface area contributed by atoms with Crippen LogP contribution in [0.5, 0.6) is 0 Å². The second-order valence-corrected chi connectivity index (χ2v) is 7.71. The summed E-state index contributed by atoms with van der Waals surface area (Å²) >= 11 is 6.59. The first-order valence-corrected chi connectivity index (χ1v) is 9.50. The molecule has 1 aliphatic heterocycles. The Kier molecular flexibility index (Phi) is 5.87. The second kappa shape index (κ2) is 8.31. The fraction of sp³-hybridized carbons (Fsp3) is 0. The molecule has 0 atom stereocenters. The van der Waals surface area contributed by atoms with E-state index in [0.29, 0.717) is 11.1 Å². The number of nitrogens with one attached hydrogen (secondary N) is 2. The van der Waals surface area contributed by atoms with E-state index < -0.39 is 5.91 Å². The molecule has 2 aromatic carbocycles. The molecular weight excluding hydrogens is 388 g/mol. The summed E-state index contributed by atoms with van der Waals surface area (Å²) in [5.74, 6) is -0.466. The van der Waals surface area contributed by atoms with Gasteiger partial charge in [-0.05, 0) is 35.7 Å². The standard InChI is InChI=1S/C18H12N2O3S3/c21-14-13(19-18(24)20-14)17(25-15(22)11-7-3-1-4-8-11)26-16(23)12-9-5-2-6-10-12/h1-10H,(H2,19,20,21,24). The fourth-order valence-electron chi connectivity index (χ4n) is 2.07. The maximum atomic E-state index is 12.5. The van der Waals surface area contributed by atoms with Crippen molar-refractivity contribution in [3.8, 4) is 0 Å². The van der Waals surface area contributed by atoms with E-state index in [1.807, 2.05) is 0 Å². The molecule has 26 heavy (non-hydrogen) atoms. The summed E-state index contributed by atoms with van der Waals surface area (Å²) in [6, 6.07) is 17.3. The summed E-state index contributed by atoms with van der Waals surface area (Å²) < 4.78 is 0.255. The molecule has 0 spiro atoms. The minimum absolute atomic E-state index is 0.110. The van der Waals surface area contributed by atoms with Crippen LogP contribution in [0, 0.1) is 0 Å². The van der Waals surface area contributed by atoms with Gasteiger partial charge in [0, 0.05) is 11.1 Å². The molecule has 1 aliphatic rings. The number of carbonyl (C=O) groups is 3. The number of benzene rings is 2. The molecule has 0 unspecified atom stereocenters. The summed E-state index contributed by atoms with van der Waals surface area (Å²) in [7, 11) is 0. The normalized spacial score (nSPS) is 13.2. The minimum atomic E-state index is -0.466. The molecule has 8 heteroatoms. The van der Waals surface area contributed by atoms with Crippen molar-refractivity contribution in [2.45, 2.75) is 0 Å². The monoisotopic (exact) mass is 400 g/mol. The van der Waals surface area contributed by atoms with E-state index in [1.54, 1.807) is 60.7 Å². The third-order valence-electron chi connectivity index (χ3n) is 3.29. The van der Waals surface area contributed by atoms with Crippen LogP contribution in [0.2, 0.25) is 0 Å². The quantitative estimate of drug-likeness (QED) is 0.602. The maximum Gasteiger partial charge on any atom is 0.275 e. The molecule has 2 N–H and O–H groups in total. The van der Waals surface area contributed by atoms with Crippen molar-refractivity contribution >= 4 is 57.0 Å². The van der Waals surface area contributed by atoms with Crippen LogP contribution in [0.4, 0.5) is 0 Å². The van der Waals surface area contributed by atoms with Crippen molar-refractivity contribution in [3.63, 3.8) is 0 Å². The number of thiocarbonyl (C=S) groups is 1. The van der Waals surface area contributed by atoms with Gasteiger partial charge >= 0.3 is 0 Å². The summed E-state index contributed by atoms with van der Waals surface area (Å²) in [6.07, 6.45) is 0. The van der Waals surface area contributed by atoms with Gasteiger partial charge in [-0.3, -0.25) is 19.7 Å². The molecule has 0 aromatic heterocycles. The van der Waals surface area contributed by atoms with E-state index in [9.17, 15) is 14.4 Å². The first-order valence-electron chi connectivity index (χ1n) is 7.45. The summed E-state index contributed by atoms with van der Waals surface area (Å²) in [4.78, 5) is 37.2. The molecule has 1 heterocycles. The van der Waals surface area contributed by atoms with Crippen LogP contribution in [0.1, 0.15) is 20.7 Å². The van der Waals surface area contributed by atoms with Crippen molar-refractivity contribution in [2.24, 2.45) is 0 Å². The molecule has 1 saturated heterocycles. The third-order valence-corrected chi connectivity index (χ3v) is 5.61. The van der Waals surface area contributed by atoms with E-state index >= 15 is 0 Å². The van der Waals surface area contributed by atoms with Gasteiger partial charge in [0.2, 0.25) is 10.2 Å². The number of thioether (sulfide) groups is 2. The van der Waals surface area contributed by atoms with Crippen LogP contribution in [-0.4, -0.2) is 21.3 Å². The average Bonchev–Trinajstić information content (AvgIpc) is 3.00. The molecular formula is C18H12N2O3S3. The second-order valence-electron chi connectivity index (χ2n) is 5.08. The molecule has 1 fully saturated rings. The predicted molar refractivity (Wildman–Crippen MR) is 108 cm³/mol. The Morgan fingerprint density at radius 1 is 0.769 bits per heavy atom. The Hall–Kier alpha value is -2.42. The Morgan fingerprint density at radius 3 is 1.62 bits per heavy atom. The van der Waals surface area contributed by atoms with Gasteiger partial charge in [-0.1, -0.05) is 60.7 Å². The molecule has 0 saturated carbocycles. The topological polar surface area (TPSA) is 75.3 Å². The number of hydrogen-bond acceptors (Lipinski definition) is 6. The summed E-state index contributed by atoms with van der Waals surface area (Å²) in [5.41, 5.74) is 1.06. The summed E-state index contributed by atoms with van der Waals surface area (Å²) in [6.45, 7) is 0. The fourth-order valence-corrected chi connectivity index (χ4v) is 4.22. The van der Waals surface area contributed by atoms with Crippen LogP contribution in [0.25, 0.3) is 0 Å². The average molecular weight is 401 g/mol. The Bertz CT molecular complexity index is 856. The zero-order valence-electron chi connectivity index (χ0n) is 13.2. The van der Waals surface area contributed by atoms with Gasteiger partial charge in [-0.25, -0.2) is 0 Å². The number of carbonyl (C=O) groups excluding carboxylic acids is 3. The SMILES string of the molecule is O=C1NC(=S)NC1=C(SC(=O)c1ccccc1)SC(=O)c1ccccc1. The lowest BCUT2D eigenvalue weighted by molar-refractivity contribution is -0.115. The van der Waals surface area contributed by atoms with E-state index in [4.69, 9.17) is 12.2 Å². The van der Waals surface area contributed by atoms with Crippen molar-refractivity contribution in [3.05, 3.63) is 81.7 Å². The van der Waals surface area contributed by atoms with Crippen molar-refractivity contribution in [1.29, 1.82) is 0 Å². The van der Waals surface area contributed by atoms with Crippen LogP contribution in [0.3, 0.4) is 0 Å². The highest BCUT2D eigenvalue weighted by Crippen LogP contribution is 2.36. The van der Waals surface area contributed by atoms with Crippen LogP contribution < -0.4 is 10.6 Å². The van der Waals surface area contributed by atoms with Crippen LogP contribution in [-0.2, 0) is 4.79 Å². The Balaban J connectivity index is 1.89. The molecule has 3 rings (SSSR count). The molecule has 0 bridgehead atoms. The zero-order valence-corrected chi connectivity index (χ0v) is 15.7. The van der Waals surface area contributed by atoms with Crippen molar-refractivity contribution in [2.75, 3.05) is 0 Å². The highest BCUT2D eigenvalue weighted by molar-refractivity contribution is 8.35. The minimum Gasteiger partial charge on any atom is -0.326 e. The summed E-state index contributed by atoms with van der Waals surface area (Å²) in [5, 5.41) is 4.77. The van der Waals surface area contributed by atoms with Gasteiger partial charge in [0.25, 0.3) is 5.91 Å². The van der Waals surface area contributed by atoms with Gasteiger partial charge in [0.15, 0.2) is 5.11 Å². The van der Waals surface area contributed by atoms with Gasteiger partial charge < -0.3 is 5.32 Å². The number of amides is 1. The highest BCUT2D eigenvalue weighted by Gasteiger charge is 2.28. The molecule has 5 nitrogen and oxygen atoms in total. The largest absolute Gasteiger partial charge is 0.326 e. The highest BCUT2D eigenvalue weighted by atomic mass is 32.2. The molecule has 0 aliphatic carbocycles. The lowest BCUT2D eigenvalue weighted by Gasteiger charge is -2.08. The molecule has 130 valence electrons. The zero-order chi connectivity index (χ0) is 18.5. The predicted octanol–water partition coefficient (Wildman–Crippen LogP) is 3.31. The lowest BCUT2D eigenvalue weighted by Crippen LogP contribution is -2.21. The van der Waals surface area contributed by atoms with Crippen molar-refractivity contribution in [1.82, 2.24) is 10.6 Å². The van der Waals surface area contributed by atoms with Gasteiger partial charge in [0.05, 0.1) is 4.24 Å². The van der Waals surface area contributed by atoms with E-state index in [0.717, 1.165) is 23.5 Å². The first-order chi connectivity index (χ1) is 12.5. The van der Waals surface area contributed by atoms with Gasteiger partial charge in [-0.2, -0.15) is 0 Å².